The third-order valence-corrected chi connectivity index (χ3v) is 2.76. The van der Waals surface area contributed by atoms with Crippen LogP contribution in [0.1, 0.15) is 25.0 Å². The average Bonchev–Trinajstić information content (AvgIpc) is 2.29. The van der Waals surface area contributed by atoms with Crippen molar-refractivity contribution in [2.24, 2.45) is 0 Å². The second-order valence-electron chi connectivity index (χ2n) is 4.30. The van der Waals surface area contributed by atoms with Crippen LogP contribution >= 0.6 is 0 Å². The summed E-state index contributed by atoms with van der Waals surface area (Å²) in [6.45, 7) is 10.5. The van der Waals surface area contributed by atoms with Gasteiger partial charge in [0.05, 0.1) is 0 Å². The molecular formula is C16H21N. The molecule has 1 aromatic carbocycles. The second-order valence-corrected chi connectivity index (χ2v) is 4.30. The van der Waals surface area contributed by atoms with E-state index in [1.54, 1.807) is 0 Å². The van der Waals surface area contributed by atoms with E-state index in [9.17, 15) is 0 Å². The Morgan fingerprint density at radius 2 is 1.88 bits per heavy atom. The van der Waals surface area contributed by atoms with Gasteiger partial charge in [-0.1, -0.05) is 36.9 Å². The molecule has 1 heteroatoms. The van der Waals surface area contributed by atoms with Crippen LogP contribution in [0.25, 0.3) is 5.57 Å². The molecule has 0 saturated carbocycles. The molecule has 90 valence electrons. The zero-order valence-electron chi connectivity index (χ0n) is 11.2. The van der Waals surface area contributed by atoms with Gasteiger partial charge in [0.1, 0.15) is 0 Å². The van der Waals surface area contributed by atoms with Gasteiger partial charge < -0.3 is 5.32 Å². The van der Waals surface area contributed by atoms with Crippen molar-refractivity contribution < 1.29 is 0 Å². The van der Waals surface area contributed by atoms with Crippen molar-refractivity contribution in [1.82, 2.24) is 5.32 Å². The minimum Gasteiger partial charge on any atom is -0.394 e. The van der Waals surface area contributed by atoms with Crippen LogP contribution in [0.3, 0.4) is 0 Å². The van der Waals surface area contributed by atoms with E-state index in [0.29, 0.717) is 0 Å². The minimum absolute atomic E-state index is 1.09. The summed E-state index contributed by atoms with van der Waals surface area (Å²) in [7, 11) is 1.91. The summed E-state index contributed by atoms with van der Waals surface area (Å²) in [5, 5.41) is 3.03. The summed E-state index contributed by atoms with van der Waals surface area (Å²) in [4.78, 5) is 0. The molecule has 1 aromatic rings. The van der Waals surface area contributed by atoms with E-state index in [0.717, 1.165) is 5.57 Å². The van der Waals surface area contributed by atoms with Gasteiger partial charge >= 0.3 is 0 Å². The number of allylic oxidation sites excluding steroid dienone is 4. The summed E-state index contributed by atoms with van der Waals surface area (Å²) < 4.78 is 0. The molecule has 1 nitrogen and oxygen atoms in total. The molecule has 0 spiro atoms. The average molecular weight is 227 g/mol. The van der Waals surface area contributed by atoms with Crippen LogP contribution in [0.2, 0.25) is 0 Å². The Morgan fingerprint density at radius 3 is 2.47 bits per heavy atom. The van der Waals surface area contributed by atoms with Gasteiger partial charge in [0.15, 0.2) is 0 Å². The fourth-order valence-electron chi connectivity index (χ4n) is 1.82. The third-order valence-electron chi connectivity index (χ3n) is 2.76. The predicted molar refractivity (Wildman–Crippen MR) is 76.8 cm³/mol. The summed E-state index contributed by atoms with van der Waals surface area (Å²) in [6, 6.07) is 8.34. The van der Waals surface area contributed by atoms with Gasteiger partial charge in [0.2, 0.25) is 0 Å². The van der Waals surface area contributed by atoms with Crippen molar-refractivity contribution in [3.05, 3.63) is 65.4 Å². The quantitative estimate of drug-likeness (QED) is 0.764. The monoisotopic (exact) mass is 227 g/mol. The number of rotatable bonds is 4. The molecular weight excluding hydrogens is 206 g/mol. The van der Waals surface area contributed by atoms with E-state index in [1.165, 1.54) is 22.3 Å². The molecule has 0 heterocycles. The predicted octanol–water partition coefficient (Wildman–Crippen LogP) is 4.08. The molecule has 0 unspecified atom stereocenters. The number of aryl methyl sites for hydroxylation is 1. The van der Waals surface area contributed by atoms with Crippen LogP contribution in [0, 0.1) is 6.92 Å². The van der Waals surface area contributed by atoms with Crippen LogP contribution in [-0.4, -0.2) is 7.05 Å². The molecule has 0 aliphatic heterocycles. The molecule has 0 radical (unpaired) electrons. The number of hydrogen-bond acceptors (Lipinski definition) is 1. The van der Waals surface area contributed by atoms with Gasteiger partial charge in [-0.15, -0.1) is 0 Å². The van der Waals surface area contributed by atoms with Gasteiger partial charge in [-0.2, -0.15) is 0 Å². The highest BCUT2D eigenvalue weighted by molar-refractivity contribution is 5.78. The number of hydrogen-bond donors (Lipinski definition) is 1. The highest BCUT2D eigenvalue weighted by Gasteiger charge is 2.03. The minimum atomic E-state index is 1.09. The third kappa shape index (κ3) is 3.63. The molecule has 0 atom stereocenters. The number of nitrogens with one attached hydrogen (secondary N) is 1. The first-order chi connectivity index (χ1) is 8.06. The van der Waals surface area contributed by atoms with Crippen molar-refractivity contribution in [2.45, 2.75) is 20.8 Å². The fourth-order valence-corrected chi connectivity index (χ4v) is 1.82. The summed E-state index contributed by atoms with van der Waals surface area (Å²) in [5.74, 6) is 0. The Balaban J connectivity index is 2.99. The van der Waals surface area contributed by atoms with Gasteiger partial charge in [-0.25, -0.2) is 0 Å². The Morgan fingerprint density at radius 1 is 1.24 bits per heavy atom. The Kier molecular flexibility index (Phi) is 4.77. The molecule has 0 aliphatic rings. The van der Waals surface area contributed by atoms with Crippen LogP contribution < -0.4 is 5.32 Å². The Bertz CT molecular complexity index is 464. The van der Waals surface area contributed by atoms with Gasteiger partial charge in [-0.05, 0) is 54.8 Å². The zero-order valence-corrected chi connectivity index (χ0v) is 11.2. The largest absolute Gasteiger partial charge is 0.394 e. The molecule has 0 bridgehead atoms. The maximum atomic E-state index is 4.18. The van der Waals surface area contributed by atoms with E-state index in [4.69, 9.17) is 0 Å². The van der Waals surface area contributed by atoms with Crippen LogP contribution in [0.5, 0.6) is 0 Å². The Labute approximate surface area is 105 Å². The lowest BCUT2D eigenvalue weighted by molar-refractivity contribution is 1.08. The molecule has 0 amide bonds. The SMILES string of the molecule is C=C(/C(C)=C\C(C)=C/NC)c1ccccc1C. The second kappa shape index (κ2) is 6.09. The van der Waals surface area contributed by atoms with E-state index >= 15 is 0 Å². The maximum Gasteiger partial charge on any atom is 0.00277 e. The van der Waals surface area contributed by atoms with E-state index in [2.05, 4.69) is 63.0 Å². The first-order valence-corrected chi connectivity index (χ1v) is 5.84. The molecule has 0 aliphatic carbocycles. The van der Waals surface area contributed by atoms with Gasteiger partial charge in [-0.3, -0.25) is 0 Å². The standard InChI is InChI=1S/C16H21N/c1-12(11-17-5)10-14(3)15(4)16-9-7-6-8-13(16)2/h6-11,17H,4H2,1-3,5H3/b12-11-,14-10-. The molecule has 1 N–H and O–H groups in total. The maximum absolute atomic E-state index is 4.18. The van der Waals surface area contributed by atoms with Crippen molar-refractivity contribution in [2.75, 3.05) is 7.05 Å². The van der Waals surface area contributed by atoms with Crippen LogP contribution in [0.4, 0.5) is 0 Å². The van der Waals surface area contributed by atoms with Gasteiger partial charge in [0, 0.05) is 7.05 Å². The molecule has 0 saturated heterocycles. The van der Waals surface area contributed by atoms with Crippen molar-refractivity contribution in [1.29, 1.82) is 0 Å². The van der Waals surface area contributed by atoms with E-state index in [-0.39, 0.29) is 0 Å². The number of benzene rings is 1. The zero-order chi connectivity index (χ0) is 12.8. The first-order valence-electron chi connectivity index (χ1n) is 5.84. The lowest BCUT2D eigenvalue weighted by Crippen LogP contribution is -1.94. The van der Waals surface area contributed by atoms with Gasteiger partial charge in [0.25, 0.3) is 0 Å². The highest BCUT2D eigenvalue weighted by atomic mass is 14.8. The summed E-state index contributed by atoms with van der Waals surface area (Å²) in [5.41, 5.74) is 5.97. The Hall–Kier alpha value is -1.76. The van der Waals surface area contributed by atoms with Crippen molar-refractivity contribution in [3.63, 3.8) is 0 Å². The van der Waals surface area contributed by atoms with Crippen molar-refractivity contribution >= 4 is 5.57 Å². The summed E-state index contributed by atoms with van der Waals surface area (Å²) >= 11 is 0. The first kappa shape index (κ1) is 13.3. The fraction of sp³-hybridized carbons (Fsp3) is 0.250. The van der Waals surface area contributed by atoms with E-state index in [1.807, 2.05) is 13.2 Å². The molecule has 0 aromatic heterocycles. The lowest BCUT2D eigenvalue weighted by atomic mass is 9.95. The van der Waals surface area contributed by atoms with Crippen LogP contribution in [0.15, 0.2) is 54.3 Å². The van der Waals surface area contributed by atoms with Crippen LogP contribution in [-0.2, 0) is 0 Å². The van der Waals surface area contributed by atoms with E-state index < -0.39 is 0 Å². The normalized spacial score (nSPS) is 12.5. The molecule has 0 fully saturated rings. The lowest BCUT2D eigenvalue weighted by Gasteiger charge is -2.10. The van der Waals surface area contributed by atoms with Crippen molar-refractivity contribution in [3.8, 4) is 0 Å². The molecule has 17 heavy (non-hydrogen) atoms. The highest BCUT2D eigenvalue weighted by Crippen LogP contribution is 2.24. The smallest absolute Gasteiger partial charge is 0.00277 e. The summed E-state index contributed by atoms with van der Waals surface area (Å²) in [6.07, 6.45) is 4.12. The molecule has 1 rings (SSSR count). The topological polar surface area (TPSA) is 12.0 Å².